The van der Waals surface area contributed by atoms with Crippen LogP contribution in [0.5, 0.6) is 0 Å². The van der Waals surface area contributed by atoms with Crippen molar-refractivity contribution < 1.29 is 17.9 Å². The lowest BCUT2D eigenvalue weighted by atomic mass is 9.85. The van der Waals surface area contributed by atoms with Crippen molar-refractivity contribution >= 4 is 0 Å². The van der Waals surface area contributed by atoms with Gasteiger partial charge in [-0.25, -0.2) is 0 Å². The summed E-state index contributed by atoms with van der Waals surface area (Å²) in [5.41, 5.74) is 5.53. The van der Waals surface area contributed by atoms with Gasteiger partial charge >= 0.3 is 6.18 Å². The molecule has 0 heterocycles. The molecule has 2 N–H and O–H groups in total. The van der Waals surface area contributed by atoms with Crippen molar-refractivity contribution in [3.8, 4) is 0 Å². The fraction of sp³-hybridized carbons (Fsp3) is 1.00. The summed E-state index contributed by atoms with van der Waals surface area (Å²) < 4.78 is 41.8. The highest BCUT2D eigenvalue weighted by Gasteiger charge is 2.34. The Morgan fingerprint density at radius 3 is 2.00 bits per heavy atom. The average Bonchev–Trinajstić information content (AvgIpc) is 2.24. The number of ether oxygens (including phenoxy) is 1. The summed E-state index contributed by atoms with van der Waals surface area (Å²) in [5.74, 6) is 0. The molecular formula is C12H24F3NO. The van der Waals surface area contributed by atoms with Crippen LogP contribution in [0, 0.1) is 0 Å². The second kappa shape index (κ2) is 7.21. The first-order valence-electron chi connectivity index (χ1n) is 6.27. The van der Waals surface area contributed by atoms with Crippen LogP contribution in [0.4, 0.5) is 13.2 Å². The molecule has 2 nitrogen and oxygen atoms in total. The monoisotopic (exact) mass is 255 g/mol. The Kier molecular flexibility index (Phi) is 7.09. The molecule has 0 aliphatic carbocycles. The van der Waals surface area contributed by atoms with Gasteiger partial charge in [0.1, 0.15) is 0 Å². The quantitative estimate of drug-likeness (QED) is 0.718. The van der Waals surface area contributed by atoms with Gasteiger partial charge in [-0.1, -0.05) is 13.8 Å². The lowest BCUT2D eigenvalue weighted by Crippen LogP contribution is -2.49. The van der Waals surface area contributed by atoms with Crippen LogP contribution in [0.1, 0.15) is 52.9 Å². The topological polar surface area (TPSA) is 35.2 Å². The van der Waals surface area contributed by atoms with Crippen LogP contribution in [0.3, 0.4) is 0 Å². The van der Waals surface area contributed by atoms with E-state index in [0.29, 0.717) is 13.0 Å². The Hall–Kier alpha value is -0.290. The SMILES string of the molecule is CCOC(CC)(CC)C(N)CCCC(F)(F)F. The number of hydrogen-bond donors (Lipinski definition) is 1. The van der Waals surface area contributed by atoms with Gasteiger partial charge in [0.2, 0.25) is 0 Å². The van der Waals surface area contributed by atoms with Gasteiger partial charge in [-0.3, -0.25) is 0 Å². The molecular weight excluding hydrogens is 231 g/mol. The van der Waals surface area contributed by atoms with Crippen LogP contribution < -0.4 is 5.73 Å². The molecule has 0 amide bonds. The number of alkyl halides is 3. The first-order chi connectivity index (χ1) is 7.81. The summed E-state index contributed by atoms with van der Waals surface area (Å²) in [7, 11) is 0. The van der Waals surface area contributed by atoms with Crippen molar-refractivity contribution in [2.75, 3.05) is 6.61 Å². The van der Waals surface area contributed by atoms with Crippen LogP contribution in [0.25, 0.3) is 0 Å². The molecule has 0 saturated heterocycles. The summed E-state index contributed by atoms with van der Waals surface area (Å²) in [4.78, 5) is 0. The highest BCUT2D eigenvalue weighted by molar-refractivity contribution is 4.89. The lowest BCUT2D eigenvalue weighted by molar-refractivity contribution is -0.137. The third kappa shape index (κ3) is 5.73. The normalized spacial score (nSPS) is 15.0. The first kappa shape index (κ1) is 16.7. The molecule has 0 radical (unpaired) electrons. The van der Waals surface area contributed by atoms with Crippen molar-refractivity contribution in [1.29, 1.82) is 0 Å². The number of nitrogens with two attached hydrogens (primary N) is 1. The van der Waals surface area contributed by atoms with Crippen LogP contribution in [-0.2, 0) is 4.74 Å². The Morgan fingerprint density at radius 2 is 1.65 bits per heavy atom. The van der Waals surface area contributed by atoms with Gasteiger partial charge in [0.05, 0.1) is 5.60 Å². The van der Waals surface area contributed by atoms with E-state index in [1.165, 1.54) is 0 Å². The van der Waals surface area contributed by atoms with E-state index in [1.54, 1.807) is 0 Å². The second-order valence-corrected chi connectivity index (χ2v) is 4.32. The summed E-state index contributed by atoms with van der Waals surface area (Å²) in [5, 5.41) is 0. The van der Waals surface area contributed by atoms with Crippen LogP contribution in [0.15, 0.2) is 0 Å². The van der Waals surface area contributed by atoms with Gasteiger partial charge in [0, 0.05) is 19.1 Å². The molecule has 0 bridgehead atoms. The second-order valence-electron chi connectivity index (χ2n) is 4.32. The molecule has 0 aliphatic heterocycles. The predicted molar refractivity (Wildman–Crippen MR) is 62.8 cm³/mol. The molecule has 0 saturated carbocycles. The van der Waals surface area contributed by atoms with Crippen molar-refractivity contribution in [1.82, 2.24) is 0 Å². The smallest absolute Gasteiger partial charge is 0.374 e. The van der Waals surface area contributed by atoms with Gasteiger partial charge in [0.25, 0.3) is 0 Å². The zero-order chi connectivity index (χ0) is 13.5. The van der Waals surface area contributed by atoms with Gasteiger partial charge in [-0.05, 0) is 32.6 Å². The molecule has 0 aromatic carbocycles. The third-order valence-electron chi connectivity index (χ3n) is 3.28. The largest absolute Gasteiger partial charge is 0.389 e. The fourth-order valence-electron chi connectivity index (χ4n) is 2.16. The maximum absolute atomic E-state index is 12.0. The van der Waals surface area contributed by atoms with E-state index in [0.717, 1.165) is 12.8 Å². The van der Waals surface area contributed by atoms with E-state index < -0.39 is 18.2 Å². The van der Waals surface area contributed by atoms with Crippen LogP contribution in [-0.4, -0.2) is 24.4 Å². The number of halogens is 3. The molecule has 0 rings (SSSR count). The highest BCUT2D eigenvalue weighted by atomic mass is 19.4. The first-order valence-corrected chi connectivity index (χ1v) is 6.27. The van der Waals surface area contributed by atoms with Crippen molar-refractivity contribution in [3.63, 3.8) is 0 Å². The van der Waals surface area contributed by atoms with Crippen molar-refractivity contribution in [2.24, 2.45) is 5.73 Å². The van der Waals surface area contributed by atoms with E-state index in [-0.39, 0.29) is 12.5 Å². The fourth-order valence-corrected chi connectivity index (χ4v) is 2.16. The Morgan fingerprint density at radius 1 is 1.12 bits per heavy atom. The summed E-state index contributed by atoms with van der Waals surface area (Å²) in [6, 6.07) is -0.334. The number of rotatable bonds is 8. The van der Waals surface area contributed by atoms with Gasteiger partial charge in [-0.2, -0.15) is 13.2 Å². The minimum atomic E-state index is -4.09. The molecule has 5 heteroatoms. The molecule has 1 atom stereocenters. The van der Waals surface area contributed by atoms with E-state index in [4.69, 9.17) is 10.5 Å². The van der Waals surface area contributed by atoms with Crippen LogP contribution >= 0.6 is 0 Å². The molecule has 0 fully saturated rings. The molecule has 0 spiro atoms. The number of hydrogen-bond acceptors (Lipinski definition) is 2. The maximum Gasteiger partial charge on any atom is 0.389 e. The minimum Gasteiger partial charge on any atom is -0.374 e. The zero-order valence-electron chi connectivity index (χ0n) is 10.9. The zero-order valence-corrected chi connectivity index (χ0v) is 10.9. The van der Waals surface area contributed by atoms with Crippen molar-refractivity contribution in [3.05, 3.63) is 0 Å². The van der Waals surface area contributed by atoms with E-state index in [9.17, 15) is 13.2 Å². The third-order valence-corrected chi connectivity index (χ3v) is 3.28. The lowest BCUT2D eigenvalue weighted by Gasteiger charge is -2.37. The summed E-state index contributed by atoms with van der Waals surface area (Å²) in [6.45, 7) is 6.34. The average molecular weight is 255 g/mol. The van der Waals surface area contributed by atoms with Gasteiger partial charge < -0.3 is 10.5 Å². The summed E-state index contributed by atoms with van der Waals surface area (Å²) >= 11 is 0. The predicted octanol–water partition coefficient (Wildman–Crippen LogP) is 3.64. The Bertz CT molecular complexity index is 202. The molecule has 0 aromatic heterocycles. The van der Waals surface area contributed by atoms with E-state index in [1.807, 2.05) is 20.8 Å². The molecule has 17 heavy (non-hydrogen) atoms. The van der Waals surface area contributed by atoms with Crippen molar-refractivity contribution in [2.45, 2.75) is 70.7 Å². The molecule has 104 valence electrons. The maximum atomic E-state index is 12.0. The molecule has 0 aliphatic rings. The highest BCUT2D eigenvalue weighted by Crippen LogP contribution is 2.29. The van der Waals surface area contributed by atoms with Crippen LogP contribution in [0.2, 0.25) is 0 Å². The van der Waals surface area contributed by atoms with Gasteiger partial charge in [0.15, 0.2) is 0 Å². The molecule has 0 aromatic rings. The summed E-state index contributed by atoms with van der Waals surface area (Å²) in [6.07, 6.45) is -2.99. The van der Waals surface area contributed by atoms with E-state index >= 15 is 0 Å². The Balaban J connectivity index is 4.28. The van der Waals surface area contributed by atoms with E-state index in [2.05, 4.69) is 0 Å². The standard InChI is InChI=1S/C12H24F3NO/c1-4-11(5-2,17-6-3)10(16)8-7-9-12(13,14)15/h10H,4-9,16H2,1-3H3. The van der Waals surface area contributed by atoms with Gasteiger partial charge in [-0.15, -0.1) is 0 Å². The molecule has 1 unspecified atom stereocenters. The minimum absolute atomic E-state index is 0.0689. The Labute approximate surface area is 102 Å².